The van der Waals surface area contributed by atoms with Crippen molar-refractivity contribution < 1.29 is 27.2 Å². The van der Waals surface area contributed by atoms with Gasteiger partial charge in [0, 0.05) is 19.7 Å². The van der Waals surface area contributed by atoms with E-state index >= 15 is 0 Å². The number of aromatic nitrogens is 1. The van der Waals surface area contributed by atoms with E-state index in [1.54, 1.807) is 0 Å². The lowest BCUT2D eigenvalue weighted by atomic mass is 9.89. The molecule has 0 aromatic carbocycles. The number of piperidine rings is 1. The lowest BCUT2D eigenvalue weighted by Crippen LogP contribution is -2.41. The third-order valence-corrected chi connectivity index (χ3v) is 4.39. The van der Waals surface area contributed by atoms with Crippen LogP contribution >= 0.6 is 0 Å². The van der Waals surface area contributed by atoms with E-state index in [0.29, 0.717) is 19.0 Å². The van der Waals surface area contributed by atoms with Gasteiger partial charge in [0.15, 0.2) is 5.69 Å². The van der Waals surface area contributed by atoms with Crippen molar-refractivity contribution in [3.63, 3.8) is 0 Å². The van der Waals surface area contributed by atoms with Crippen LogP contribution in [0.3, 0.4) is 0 Å². The first-order chi connectivity index (χ1) is 10.5. The SMILES string of the molecule is O=C(c1conc1C(F)(F)F)N1CCC(C2CCCO2)CC1. The van der Waals surface area contributed by atoms with Crippen molar-refractivity contribution in [2.24, 2.45) is 5.92 Å². The van der Waals surface area contributed by atoms with Crippen LogP contribution in [0.1, 0.15) is 41.7 Å². The quantitative estimate of drug-likeness (QED) is 0.841. The number of halogens is 3. The number of likely N-dealkylation sites (tertiary alicyclic amines) is 1. The summed E-state index contributed by atoms with van der Waals surface area (Å²) in [7, 11) is 0. The first-order valence-electron chi connectivity index (χ1n) is 7.39. The predicted molar refractivity (Wildman–Crippen MR) is 69.1 cm³/mol. The van der Waals surface area contributed by atoms with Gasteiger partial charge >= 0.3 is 6.18 Å². The number of rotatable bonds is 2. The van der Waals surface area contributed by atoms with Crippen LogP contribution in [0.15, 0.2) is 10.8 Å². The average Bonchev–Trinajstić information content (AvgIpc) is 3.17. The normalized spacial score (nSPS) is 24.0. The summed E-state index contributed by atoms with van der Waals surface area (Å²) in [6.45, 7) is 1.65. The van der Waals surface area contributed by atoms with E-state index < -0.39 is 23.3 Å². The van der Waals surface area contributed by atoms with E-state index in [9.17, 15) is 18.0 Å². The molecule has 0 aliphatic carbocycles. The molecule has 2 saturated heterocycles. The molecule has 1 aromatic heterocycles. The smallest absolute Gasteiger partial charge is 0.378 e. The minimum absolute atomic E-state index is 0.235. The Labute approximate surface area is 125 Å². The Bertz CT molecular complexity index is 530. The summed E-state index contributed by atoms with van der Waals surface area (Å²) in [5, 5.41) is 2.91. The summed E-state index contributed by atoms with van der Waals surface area (Å²) < 4.78 is 48.3. The highest BCUT2D eigenvalue weighted by Crippen LogP contribution is 2.33. The molecule has 0 N–H and O–H groups in total. The maximum absolute atomic E-state index is 12.8. The molecule has 122 valence electrons. The van der Waals surface area contributed by atoms with Gasteiger partial charge in [0.1, 0.15) is 11.8 Å². The van der Waals surface area contributed by atoms with E-state index in [0.717, 1.165) is 38.6 Å². The van der Waals surface area contributed by atoms with Crippen molar-refractivity contribution in [1.82, 2.24) is 10.1 Å². The minimum Gasteiger partial charge on any atom is -0.378 e. The highest BCUT2D eigenvalue weighted by atomic mass is 19.4. The Hall–Kier alpha value is -1.57. The Morgan fingerprint density at radius 1 is 1.27 bits per heavy atom. The number of hydrogen-bond donors (Lipinski definition) is 0. The molecule has 1 unspecified atom stereocenters. The second-order valence-corrected chi connectivity index (χ2v) is 5.76. The van der Waals surface area contributed by atoms with Crippen LogP contribution in [0, 0.1) is 5.92 Å². The Balaban J connectivity index is 1.64. The number of carbonyl (C=O) groups is 1. The van der Waals surface area contributed by atoms with Crippen molar-refractivity contribution in [3.8, 4) is 0 Å². The van der Waals surface area contributed by atoms with Gasteiger partial charge in [0.05, 0.1) is 6.10 Å². The number of hydrogen-bond acceptors (Lipinski definition) is 4. The zero-order valence-electron chi connectivity index (χ0n) is 11.9. The summed E-state index contributed by atoms with van der Waals surface area (Å²) in [6.07, 6.45) is -0.0853. The summed E-state index contributed by atoms with van der Waals surface area (Å²) >= 11 is 0. The van der Waals surface area contributed by atoms with Crippen molar-refractivity contribution in [2.75, 3.05) is 19.7 Å². The van der Waals surface area contributed by atoms with E-state index in [2.05, 4.69) is 9.68 Å². The van der Waals surface area contributed by atoms with Gasteiger partial charge in [-0.15, -0.1) is 0 Å². The number of carbonyl (C=O) groups excluding carboxylic acids is 1. The lowest BCUT2D eigenvalue weighted by molar-refractivity contribution is -0.143. The van der Waals surface area contributed by atoms with Crippen LogP contribution in [0.5, 0.6) is 0 Å². The van der Waals surface area contributed by atoms with Crippen LogP contribution in [0.25, 0.3) is 0 Å². The maximum Gasteiger partial charge on any atom is 0.437 e. The molecular formula is C14H17F3N2O3. The molecule has 22 heavy (non-hydrogen) atoms. The average molecular weight is 318 g/mol. The third-order valence-electron chi connectivity index (χ3n) is 4.39. The Kier molecular flexibility index (Phi) is 4.12. The number of amides is 1. The molecule has 1 aromatic rings. The number of nitrogens with zero attached hydrogens (tertiary/aromatic N) is 2. The van der Waals surface area contributed by atoms with Crippen LogP contribution in [0.2, 0.25) is 0 Å². The van der Waals surface area contributed by atoms with Crippen LogP contribution < -0.4 is 0 Å². The van der Waals surface area contributed by atoms with E-state index in [-0.39, 0.29) is 6.10 Å². The highest BCUT2D eigenvalue weighted by Gasteiger charge is 2.41. The van der Waals surface area contributed by atoms with Gasteiger partial charge < -0.3 is 14.2 Å². The standard InChI is InChI=1S/C14H17F3N2O3/c15-14(16,17)12-10(8-22-18-12)13(20)19-5-3-9(4-6-19)11-2-1-7-21-11/h8-9,11H,1-7H2. The monoisotopic (exact) mass is 318 g/mol. The van der Waals surface area contributed by atoms with E-state index in [1.807, 2.05) is 0 Å². The number of alkyl halides is 3. The van der Waals surface area contributed by atoms with Gasteiger partial charge in [-0.2, -0.15) is 13.2 Å². The fourth-order valence-electron chi connectivity index (χ4n) is 3.21. The molecular weight excluding hydrogens is 301 g/mol. The van der Waals surface area contributed by atoms with Gasteiger partial charge in [-0.3, -0.25) is 4.79 Å². The molecule has 8 heteroatoms. The summed E-state index contributed by atoms with van der Waals surface area (Å²) in [6, 6.07) is 0. The molecule has 0 spiro atoms. The number of ether oxygens (including phenoxy) is 1. The Morgan fingerprint density at radius 2 is 2.00 bits per heavy atom. The molecule has 3 rings (SSSR count). The van der Waals surface area contributed by atoms with Crippen LogP contribution in [-0.2, 0) is 10.9 Å². The topological polar surface area (TPSA) is 55.6 Å². The van der Waals surface area contributed by atoms with Gasteiger partial charge in [-0.05, 0) is 31.6 Å². The first-order valence-corrected chi connectivity index (χ1v) is 7.39. The molecule has 1 atom stereocenters. The van der Waals surface area contributed by atoms with Gasteiger partial charge in [-0.1, -0.05) is 5.16 Å². The van der Waals surface area contributed by atoms with Gasteiger partial charge in [0.2, 0.25) is 0 Å². The zero-order chi connectivity index (χ0) is 15.7. The molecule has 1 amide bonds. The fourth-order valence-corrected chi connectivity index (χ4v) is 3.21. The van der Waals surface area contributed by atoms with Crippen LogP contribution in [-0.4, -0.2) is 41.8 Å². The van der Waals surface area contributed by atoms with Gasteiger partial charge in [-0.25, -0.2) is 0 Å². The Morgan fingerprint density at radius 3 is 2.59 bits per heavy atom. The molecule has 2 aliphatic rings. The molecule has 0 radical (unpaired) electrons. The molecule has 0 bridgehead atoms. The van der Waals surface area contributed by atoms with E-state index in [4.69, 9.17) is 4.74 Å². The van der Waals surface area contributed by atoms with Crippen molar-refractivity contribution in [3.05, 3.63) is 17.5 Å². The predicted octanol–water partition coefficient (Wildman–Crippen LogP) is 2.72. The van der Waals surface area contributed by atoms with Gasteiger partial charge in [0.25, 0.3) is 5.91 Å². The van der Waals surface area contributed by atoms with E-state index in [1.165, 1.54) is 4.90 Å². The summed E-state index contributed by atoms with van der Waals surface area (Å²) in [4.78, 5) is 13.7. The second kappa shape index (κ2) is 5.91. The lowest BCUT2D eigenvalue weighted by Gasteiger charge is -2.34. The van der Waals surface area contributed by atoms with Crippen LogP contribution in [0.4, 0.5) is 13.2 Å². The molecule has 2 fully saturated rings. The molecule has 5 nitrogen and oxygen atoms in total. The van der Waals surface area contributed by atoms with Crippen molar-refractivity contribution in [2.45, 2.75) is 38.0 Å². The maximum atomic E-state index is 12.8. The molecule has 2 aliphatic heterocycles. The minimum atomic E-state index is -4.69. The highest BCUT2D eigenvalue weighted by molar-refractivity contribution is 5.95. The fraction of sp³-hybridized carbons (Fsp3) is 0.714. The molecule has 3 heterocycles. The second-order valence-electron chi connectivity index (χ2n) is 5.76. The van der Waals surface area contributed by atoms with Crippen molar-refractivity contribution in [1.29, 1.82) is 0 Å². The zero-order valence-corrected chi connectivity index (χ0v) is 11.9. The third kappa shape index (κ3) is 2.97. The molecule has 0 saturated carbocycles. The summed E-state index contributed by atoms with van der Waals surface area (Å²) in [5.41, 5.74) is -1.76. The first kappa shape index (κ1) is 15.3. The summed E-state index contributed by atoms with van der Waals surface area (Å²) in [5.74, 6) is -0.282. The van der Waals surface area contributed by atoms with Crippen molar-refractivity contribution >= 4 is 5.91 Å². The largest absolute Gasteiger partial charge is 0.437 e.